The molecule has 0 atom stereocenters. The maximum Gasteiger partial charge on any atom is 0.375 e. The molecule has 0 unspecified atom stereocenters. The number of rotatable bonds is 1. The zero-order chi connectivity index (χ0) is 11.9. The Balaban J connectivity index is 2.73. The molecule has 0 aliphatic heterocycles. The molecule has 2 aromatic heterocycles. The second kappa shape index (κ2) is 3.26. The number of carbonyl (C=O) groups is 1. The van der Waals surface area contributed by atoms with Gasteiger partial charge in [0.05, 0.1) is 5.69 Å². The van der Waals surface area contributed by atoms with Crippen molar-refractivity contribution in [1.29, 1.82) is 0 Å². The smallest absolute Gasteiger partial charge is 0.375 e. The topological polar surface area (TPSA) is 80.4 Å². The van der Waals surface area contributed by atoms with Crippen LogP contribution in [0, 0.1) is 0 Å². The first-order valence-electron chi connectivity index (χ1n) is 4.85. The van der Waals surface area contributed by atoms with Gasteiger partial charge in [0.25, 0.3) is 11.6 Å². The van der Waals surface area contributed by atoms with Gasteiger partial charge < -0.3 is 5.11 Å². The molecule has 0 amide bonds. The minimum atomic E-state index is -1.15. The summed E-state index contributed by atoms with van der Waals surface area (Å²) in [5.41, 5.74) is 0.725. The highest BCUT2D eigenvalue weighted by atomic mass is 16.4. The molecule has 2 aromatic rings. The zero-order valence-corrected chi connectivity index (χ0v) is 9.30. The van der Waals surface area contributed by atoms with E-state index in [0.29, 0.717) is 5.78 Å². The van der Waals surface area contributed by atoms with Crippen molar-refractivity contribution in [3.05, 3.63) is 23.8 Å². The van der Waals surface area contributed by atoms with E-state index in [1.807, 2.05) is 26.8 Å². The summed E-state index contributed by atoms with van der Waals surface area (Å²) in [6, 6.07) is 1.81. The predicted octanol–water partition coefficient (Wildman–Crippen LogP) is 1.12. The second-order valence-corrected chi connectivity index (χ2v) is 4.53. The molecule has 2 rings (SSSR count). The molecule has 0 saturated carbocycles. The Hall–Kier alpha value is -1.98. The molecule has 6 heteroatoms. The highest BCUT2D eigenvalue weighted by Gasteiger charge is 2.21. The van der Waals surface area contributed by atoms with Gasteiger partial charge in [-0.15, -0.1) is 5.10 Å². The van der Waals surface area contributed by atoms with Gasteiger partial charge in [-0.2, -0.15) is 9.50 Å². The average molecular weight is 220 g/mol. The van der Waals surface area contributed by atoms with Gasteiger partial charge in [-0.05, 0) is 6.07 Å². The first kappa shape index (κ1) is 10.5. The molecular weight excluding hydrogens is 208 g/mol. The van der Waals surface area contributed by atoms with Gasteiger partial charge >= 0.3 is 5.97 Å². The van der Waals surface area contributed by atoms with Crippen LogP contribution >= 0.6 is 0 Å². The number of nitrogens with zero attached hydrogens (tertiary/aromatic N) is 4. The summed E-state index contributed by atoms with van der Waals surface area (Å²) in [4.78, 5) is 18.6. The van der Waals surface area contributed by atoms with Crippen LogP contribution < -0.4 is 0 Å². The fourth-order valence-corrected chi connectivity index (χ4v) is 1.45. The van der Waals surface area contributed by atoms with Crippen LogP contribution in [0.25, 0.3) is 5.78 Å². The van der Waals surface area contributed by atoms with Gasteiger partial charge in [-0.3, -0.25) is 0 Å². The summed E-state index contributed by atoms with van der Waals surface area (Å²) < 4.78 is 1.48. The van der Waals surface area contributed by atoms with Gasteiger partial charge in [-0.1, -0.05) is 20.8 Å². The van der Waals surface area contributed by atoms with Crippen LogP contribution in [0.4, 0.5) is 0 Å². The Morgan fingerprint density at radius 3 is 2.69 bits per heavy atom. The number of carboxylic acid groups (broad SMARTS) is 1. The fraction of sp³-hybridized carbons (Fsp3) is 0.400. The predicted molar refractivity (Wildman–Crippen MR) is 56.4 cm³/mol. The van der Waals surface area contributed by atoms with Crippen LogP contribution in [0.1, 0.15) is 37.1 Å². The zero-order valence-electron chi connectivity index (χ0n) is 9.30. The summed E-state index contributed by atoms with van der Waals surface area (Å²) in [6.07, 6.45) is 1.61. The Morgan fingerprint density at radius 1 is 1.44 bits per heavy atom. The average Bonchev–Trinajstić information content (AvgIpc) is 2.58. The van der Waals surface area contributed by atoms with E-state index in [9.17, 15) is 4.79 Å². The monoisotopic (exact) mass is 220 g/mol. The minimum absolute atomic E-state index is 0.148. The normalized spacial score (nSPS) is 11.9. The highest BCUT2D eigenvalue weighted by molar-refractivity contribution is 5.83. The number of hydrogen-bond acceptors (Lipinski definition) is 4. The molecule has 0 aliphatic carbocycles. The van der Waals surface area contributed by atoms with Gasteiger partial charge in [-0.25, -0.2) is 9.78 Å². The third-order valence-electron chi connectivity index (χ3n) is 2.20. The van der Waals surface area contributed by atoms with E-state index >= 15 is 0 Å². The quantitative estimate of drug-likeness (QED) is 0.778. The number of fused-ring (bicyclic) bond motifs is 1. The van der Waals surface area contributed by atoms with Gasteiger partial charge in [0.2, 0.25) is 0 Å². The van der Waals surface area contributed by atoms with E-state index in [2.05, 4.69) is 15.1 Å². The van der Waals surface area contributed by atoms with Gasteiger partial charge in [0, 0.05) is 11.6 Å². The van der Waals surface area contributed by atoms with E-state index in [0.717, 1.165) is 5.69 Å². The first-order valence-corrected chi connectivity index (χ1v) is 4.85. The molecule has 0 radical (unpaired) electrons. The standard InChI is InChI=1S/C10H12N4O2/c1-10(2,3)6-4-5-11-9-12-7(8(15)16)13-14(6)9/h4-5H,1-3H3,(H,15,16). The molecule has 0 fully saturated rings. The Bertz CT molecular complexity index is 553. The third-order valence-corrected chi connectivity index (χ3v) is 2.20. The summed E-state index contributed by atoms with van der Waals surface area (Å²) in [6.45, 7) is 6.05. The molecule has 1 N–H and O–H groups in total. The van der Waals surface area contributed by atoms with E-state index in [4.69, 9.17) is 5.11 Å². The lowest BCUT2D eigenvalue weighted by Crippen LogP contribution is -2.17. The summed E-state index contributed by atoms with van der Waals surface area (Å²) >= 11 is 0. The Morgan fingerprint density at radius 2 is 2.12 bits per heavy atom. The lowest BCUT2D eigenvalue weighted by Gasteiger charge is -2.18. The molecule has 6 nitrogen and oxygen atoms in total. The van der Waals surface area contributed by atoms with E-state index in [1.54, 1.807) is 6.20 Å². The molecule has 0 aromatic carbocycles. The number of hydrogen-bond donors (Lipinski definition) is 1. The minimum Gasteiger partial charge on any atom is -0.475 e. The molecule has 0 spiro atoms. The molecule has 0 aliphatic rings. The third kappa shape index (κ3) is 1.62. The molecule has 2 heterocycles. The van der Waals surface area contributed by atoms with Crippen molar-refractivity contribution in [2.24, 2.45) is 0 Å². The molecule has 0 bridgehead atoms. The molecule has 0 saturated heterocycles. The van der Waals surface area contributed by atoms with Crippen LogP contribution in [-0.4, -0.2) is 30.7 Å². The lowest BCUT2D eigenvalue weighted by molar-refractivity contribution is 0.0683. The number of aromatic nitrogens is 4. The van der Waals surface area contributed by atoms with Crippen molar-refractivity contribution in [2.45, 2.75) is 26.2 Å². The van der Waals surface area contributed by atoms with Crippen LogP contribution in [0.2, 0.25) is 0 Å². The SMILES string of the molecule is CC(C)(C)c1ccnc2nc(C(=O)O)nn12. The van der Waals surface area contributed by atoms with Crippen molar-refractivity contribution in [1.82, 2.24) is 19.6 Å². The Kier molecular flexibility index (Phi) is 2.15. The summed E-state index contributed by atoms with van der Waals surface area (Å²) in [7, 11) is 0. The van der Waals surface area contributed by atoms with E-state index in [-0.39, 0.29) is 11.2 Å². The summed E-state index contributed by atoms with van der Waals surface area (Å²) in [5, 5.41) is 12.7. The van der Waals surface area contributed by atoms with Crippen molar-refractivity contribution < 1.29 is 9.90 Å². The lowest BCUT2D eigenvalue weighted by atomic mass is 9.92. The molecule has 84 valence electrons. The Labute approximate surface area is 92.0 Å². The number of carboxylic acids is 1. The van der Waals surface area contributed by atoms with Crippen molar-refractivity contribution >= 4 is 11.7 Å². The maximum absolute atomic E-state index is 10.8. The van der Waals surface area contributed by atoms with Crippen LogP contribution in [0.15, 0.2) is 12.3 Å². The fourth-order valence-electron chi connectivity index (χ4n) is 1.45. The highest BCUT2D eigenvalue weighted by Crippen LogP contribution is 2.21. The first-order chi connectivity index (χ1) is 7.39. The summed E-state index contributed by atoms with van der Waals surface area (Å²) in [5.74, 6) is -1.07. The van der Waals surface area contributed by atoms with Crippen LogP contribution in [0.3, 0.4) is 0 Å². The van der Waals surface area contributed by atoms with E-state index < -0.39 is 5.97 Å². The van der Waals surface area contributed by atoms with Crippen molar-refractivity contribution in [3.63, 3.8) is 0 Å². The number of aromatic carboxylic acids is 1. The molecule has 16 heavy (non-hydrogen) atoms. The van der Waals surface area contributed by atoms with Crippen LogP contribution in [-0.2, 0) is 5.41 Å². The van der Waals surface area contributed by atoms with Crippen LogP contribution in [0.5, 0.6) is 0 Å². The maximum atomic E-state index is 10.8. The van der Waals surface area contributed by atoms with E-state index in [1.165, 1.54) is 4.52 Å². The molecular formula is C10H12N4O2. The van der Waals surface area contributed by atoms with Crippen molar-refractivity contribution in [3.8, 4) is 0 Å². The largest absolute Gasteiger partial charge is 0.475 e. The second-order valence-electron chi connectivity index (χ2n) is 4.53. The van der Waals surface area contributed by atoms with Crippen molar-refractivity contribution in [2.75, 3.05) is 0 Å². The van der Waals surface area contributed by atoms with Gasteiger partial charge in [0.1, 0.15) is 0 Å². The van der Waals surface area contributed by atoms with Gasteiger partial charge in [0.15, 0.2) is 0 Å².